The topological polar surface area (TPSA) is 104 Å². The second-order valence-corrected chi connectivity index (χ2v) is 15.6. The minimum atomic E-state index is -0.970. The Kier molecular flexibility index (Phi) is 7.17. The van der Waals surface area contributed by atoms with Crippen LogP contribution >= 0.6 is 0 Å². The lowest BCUT2D eigenvalue weighted by Gasteiger charge is -2.68. The van der Waals surface area contributed by atoms with Crippen LogP contribution in [0.4, 0.5) is 5.69 Å². The van der Waals surface area contributed by atoms with E-state index in [0.29, 0.717) is 35.3 Å². The molecule has 6 nitrogen and oxygen atoms in total. The van der Waals surface area contributed by atoms with E-state index in [9.17, 15) is 19.5 Å². The van der Waals surface area contributed by atoms with Gasteiger partial charge in [-0.1, -0.05) is 52.3 Å². The van der Waals surface area contributed by atoms with Crippen molar-refractivity contribution in [1.82, 2.24) is 0 Å². The van der Waals surface area contributed by atoms with Crippen molar-refractivity contribution in [3.63, 3.8) is 0 Å². The van der Waals surface area contributed by atoms with Crippen LogP contribution in [-0.2, 0) is 14.4 Å². The second-order valence-electron chi connectivity index (χ2n) is 15.6. The van der Waals surface area contributed by atoms with Crippen LogP contribution in [0.15, 0.2) is 30.3 Å². The normalized spacial score (nSPS) is 40.0. The first-order valence-electron chi connectivity index (χ1n) is 16.4. The molecule has 0 aliphatic heterocycles. The first-order valence-corrected chi connectivity index (χ1v) is 16.4. The summed E-state index contributed by atoms with van der Waals surface area (Å²) in [7, 11) is 0. The summed E-state index contributed by atoms with van der Waals surface area (Å²) in [6.07, 6.45) is 13.3. The molecule has 0 heterocycles. The summed E-state index contributed by atoms with van der Waals surface area (Å²) in [5.74, 6) is 1.05. The number of fused-ring (bicyclic) bond motifs is 7. The van der Waals surface area contributed by atoms with Gasteiger partial charge < -0.3 is 15.5 Å². The lowest BCUT2D eigenvalue weighted by Crippen LogP contribution is -2.61. The SMILES string of the molecule is CC1(C)C(c2ccc(NC(=O)CCC(=O)O)cc2)=CC[C@@]2(C)C1CC[C@@]1(C)C3CC[C@@]4(C(=O)O)CCCC4[C@H]3CCC12. The highest BCUT2D eigenvalue weighted by atomic mass is 16.4. The number of carbonyl (C=O) groups is 3. The molecular formula is C36H49NO5. The molecule has 5 aliphatic rings. The van der Waals surface area contributed by atoms with Crippen LogP contribution in [0.1, 0.15) is 110 Å². The van der Waals surface area contributed by atoms with E-state index < -0.39 is 17.4 Å². The molecule has 228 valence electrons. The summed E-state index contributed by atoms with van der Waals surface area (Å²) in [4.78, 5) is 35.4. The van der Waals surface area contributed by atoms with Crippen molar-refractivity contribution >= 4 is 29.1 Å². The van der Waals surface area contributed by atoms with Gasteiger partial charge in [-0.25, -0.2) is 0 Å². The number of allylic oxidation sites excluding steroid dienone is 2. The number of hydrogen-bond donors (Lipinski definition) is 3. The summed E-state index contributed by atoms with van der Waals surface area (Å²) in [5.41, 5.74) is 3.34. The molecule has 1 aromatic rings. The van der Waals surface area contributed by atoms with E-state index in [2.05, 4.69) is 51.2 Å². The molecule has 3 N–H and O–H groups in total. The van der Waals surface area contributed by atoms with E-state index in [1.165, 1.54) is 36.8 Å². The Bertz CT molecular complexity index is 1300. The Labute approximate surface area is 250 Å². The zero-order chi connectivity index (χ0) is 30.1. The Morgan fingerprint density at radius 3 is 2.24 bits per heavy atom. The van der Waals surface area contributed by atoms with Crippen molar-refractivity contribution in [3.05, 3.63) is 35.9 Å². The largest absolute Gasteiger partial charge is 0.481 e. The van der Waals surface area contributed by atoms with Gasteiger partial charge in [0.1, 0.15) is 0 Å². The fourth-order valence-electron chi connectivity index (χ4n) is 11.9. The first-order chi connectivity index (χ1) is 19.8. The third kappa shape index (κ3) is 4.37. The number of aliphatic carboxylic acids is 2. The predicted molar refractivity (Wildman–Crippen MR) is 164 cm³/mol. The zero-order valence-electron chi connectivity index (χ0n) is 25.9. The molecule has 0 bridgehead atoms. The van der Waals surface area contributed by atoms with Gasteiger partial charge in [-0.2, -0.15) is 0 Å². The van der Waals surface area contributed by atoms with E-state index in [4.69, 9.17) is 5.11 Å². The van der Waals surface area contributed by atoms with Gasteiger partial charge in [0.2, 0.25) is 5.91 Å². The van der Waals surface area contributed by atoms with Gasteiger partial charge in [-0.15, -0.1) is 0 Å². The summed E-state index contributed by atoms with van der Waals surface area (Å²) >= 11 is 0. The van der Waals surface area contributed by atoms with Gasteiger partial charge in [-0.05, 0) is 127 Å². The van der Waals surface area contributed by atoms with Gasteiger partial charge in [0.05, 0.1) is 11.8 Å². The maximum absolute atomic E-state index is 12.5. The van der Waals surface area contributed by atoms with Gasteiger partial charge >= 0.3 is 11.9 Å². The van der Waals surface area contributed by atoms with Crippen LogP contribution in [0.5, 0.6) is 0 Å². The Morgan fingerprint density at radius 1 is 0.810 bits per heavy atom. The fraction of sp³-hybridized carbons (Fsp3) is 0.694. The number of rotatable bonds is 6. The molecule has 0 spiro atoms. The van der Waals surface area contributed by atoms with Crippen molar-refractivity contribution < 1.29 is 24.6 Å². The quantitative estimate of drug-likeness (QED) is 0.319. The molecule has 1 aromatic carbocycles. The lowest BCUT2D eigenvalue weighted by atomic mass is 9.36. The van der Waals surface area contributed by atoms with E-state index in [-0.39, 0.29) is 35.0 Å². The molecule has 4 saturated carbocycles. The third-order valence-corrected chi connectivity index (χ3v) is 13.6. The van der Waals surface area contributed by atoms with Crippen LogP contribution < -0.4 is 5.32 Å². The van der Waals surface area contributed by atoms with Crippen LogP contribution in [0.2, 0.25) is 0 Å². The molecule has 6 heteroatoms. The molecular weight excluding hydrogens is 526 g/mol. The van der Waals surface area contributed by atoms with Gasteiger partial charge in [0.15, 0.2) is 0 Å². The maximum atomic E-state index is 12.5. The van der Waals surface area contributed by atoms with E-state index >= 15 is 0 Å². The van der Waals surface area contributed by atoms with Crippen LogP contribution in [0, 0.1) is 51.2 Å². The molecule has 0 aromatic heterocycles. The molecule has 6 rings (SSSR count). The molecule has 1 amide bonds. The first kappa shape index (κ1) is 29.4. The van der Waals surface area contributed by atoms with E-state index in [0.717, 1.165) is 38.5 Å². The highest BCUT2D eigenvalue weighted by Crippen LogP contribution is 2.73. The van der Waals surface area contributed by atoms with Crippen LogP contribution in [-0.4, -0.2) is 28.1 Å². The average molecular weight is 576 g/mol. The van der Waals surface area contributed by atoms with Crippen LogP contribution in [0.3, 0.4) is 0 Å². The highest BCUT2D eigenvalue weighted by molar-refractivity contribution is 5.92. The molecule has 0 saturated heterocycles. The summed E-state index contributed by atoms with van der Waals surface area (Å²) in [5, 5.41) is 22.0. The van der Waals surface area contributed by atoms with E-state index in [1.807, 2.05) is 12.1 Å². The number of carboxylic acids is 2. The van der Waals surface area contributed by atoms with Gasteiger partial charge in [-0.3, -0.25) is 14.4 Å². The zero-order valence-corrected chi connectivity index (χ0v) is 25.9. The van der Waals surface area contributed by atoms with E-state index in [1.54, 1.807) is 0 Å². The number of benzene rings is 1. The monoisotopic (exact) mass is 575 g/mol. The minimum Gasteiger partial charge on any atom is -0.481 e. The lowest BCUT2D eigenvalue weighted by molar-refractivity contribution is -0.187. The standard InChI is InChI=1S/C36H49NO5/c1-33(2)25(22-7-9-23(10-8-22)37-30(38)13-14-31(39)40)15-19-35(4)28(33)17-20-34(3)26-16-21-36(32(41)42)18-5-6-27(36)24(26)11-12-29(34)35/h7-10,15,24,26-29H,5-6,11-14,16-21H2,1-4H3,(H,37,38)(H,39,40)(H,41,42)/t24-,26?,27?,28?,29?,34-,35-,36-/m0/s1. The maximum Gasteiger partial charge on any atom is 0.309 e. The van der Waals surface area contributed by atoms with Crippen molar-refractivity contribution in [3.8, 4) is 0 Å². The molecule has 0 radical (unpaired) electrons. The van der Waals surface area contributed by atoms with Gasteiger partial charge in [0.25, 0.3) is 0 Å². The smallest absolute Gasteiger partial charge is 0.309 e. The minimum absolute atomic E-state index is 0.00785. The molecule has 5 aliphatic carbocycles. The Hall–Kier alpha value is -2.63. The van der Waals surface area contributed by atoms with Crippen molar-refractivity contribution in [2.45, 2.75) is 105 Å². The second kappa shape index (κ2) is 10.2. The van der Waals surface area contributed by atoms with Crippen molar-refractivity contribution in [1.29, 1.82) is 0 Å². The summed E-state index contributed by atoms with van der Waals surface area (Å²) < 4.78 is 0. The van der Waals surface area contributed by atoms with Crippen molar-refractivity contribution in [2.75, 3.05) is 5.32 Å². The number of anilines is 1. The van der Waals surface area contributed by atoms with Gasteiger partial charge in [0, 0.05) is 12.1 Å². The Balaban J connectivity index is 1.23. The summed E-state index contributed by atoms with van der Waals surface area (Å²) in [6, 6.07) is 8.06. The number of amides is 1. The molecule has 8 atom stereocenters. The molecule has 42 heavy (non-hydrogen) atoms. The van der Waals surface area contributed by atoms with Crippen molar-refractivity contribution in [2.24, 2.45) is 51.2 Å². The summed E-state index contributed by atoms with van der Waals surface area (Å²) in [6.45, 7) is 10.0. The number of nitrogens with one attached hydrogen (secondary N) is 1. The third-order valence-electron chi connectivity index (χ3n) is 13.6. The predicted octanol–water partition coefficient (Wildman–Crippen LogP) is 8.03. The fourth-order valence-corrected chi connectivity index (χ4v) is 11.9. The molecule has 4 fully saturated rings. The number of hydrogen-bond acceptors (Lipinski definition) is 3. The number of carboxylic acid groups (broad SMARTS) is 2. The molecule has 4 unspecified atom stereocenters. The van der Waals surface area contributed by atoms with Crippen LogP contribution in [0.25, 0.3) is 5.57 Å². The number of carbonyl (C=O) groups excluding carboxylic acids is 1. The average Bonchev–Trinajstić information content (AvgIpc) is 3.38. The highest BCUT2D eigenvalue weighted by Gasteiger charge is 2.66. The Morgan fingerprint density at radius 2 is 1.55 bits per heavy atom.